The van der Waals surface area contributed by atoms with Crippen LogP contribution in [0.15, 0.2) is 24.3 Å². The summed E-state index contributed by atoms with van der Waals surface area (Å²) in [6.07, 6.45) is -1.79. The molecular weight excluding hydrogens is 250 g/mol. The lowest BCUT2D eigenvalue weighted by atomic mass is 10.1. The smallest absolute Gasteiger partial charge is 0.205 e. The molecule has 0 amide bonds. The second-order valence-electron chi connectivity index (χ2n) is 2.63. The molecule has 0 heterocycles. The molecule has 1 aromatic rings. The maximum Gasteiger partial charge on any atom is 0.265 e. The van der Waals surface area contributed by atoms with Gasteiger partial charge in [-0.2, -0.15) is 0 Å². The third-order valence-electron chi connectivity index (χ3n) is 1.64. The lowest BCUT2D eigenvalue weighted by Gasteiger charge is -2.01. The Bertz CT molecular complexity index is 350. The van der Waals surface area contributed by atoms with Crippen molar-refractivity contribution >= 4 is 15.9 Å². The summed E-state index contributed by atoms with van der Waals surface area (Å²) in [4.78, 5) is 0. The van der Waals surface area contributed by atoms with Gasteiger partial charge in [-0.15, -0.1) is 0 Å². The molecule has 0 aliphatic heterocycles. The molecule has 0 bridgehead atoms. The fraction of sp³-hybridized carbons (Fsp3) is 0.273. The second-order valence-corrected chi connectivity index (χ2v) is 3.42. The van der Waals surface area contributed by atoms with Gasteiger partial charge in [0.1, 0.15) is 0 Å². The van der Waals surface area contributed by atoms with Gasteiger partial charge in [-0.05, 0) is 6.07 Å². The standard InChI is InChI=1S/C11H9BrF2/c12-8-4-3-6-9-5-1-2-7-10(9)11(13)14/h1-2,5,7,11H,4,8H2. The first kappa shape index (κ1) is 11.2. The lowest BCUT2D eigenvalue weighted by Crippen LogP contribution is -1.89. The van der Waals surface area contributed by atoms with Crippen LogP contribution in [0.1, 0.15) is 24.0 Å². The highest BCUT2D eigenvalue weighted by Gasteiger charge is 2.09. The van der Waals surface area contributed by atoms with E-state index in [0.717, 1.165) is 5.33 Å². The minimum Gasteiger partial charge on any atom is -0.205 e. The highest BCUT2D eigenvalue weighted by Crippen LogP contribution is 2.21. The number of hydrogen-bond acceptors (Lipinski definition) is 0. The first-order valence-electron chi connectivity index (χ1n) is 4.17. The monoisotopic (exact) mass is 258 g/mol. The molecule has 0 fully saturated rings. The zero-order valence-corrected chi connectivity index (χ0v) is 9.02. The second kappa shape index (κ2) is 5.77. The van der Waals surface area contributed by atoms with Crippen LogP contribution in [-0.4, -0.2) is 5.33 Å². The molecule has 0 radical (unpaired) electrons. The summed E-state index contributed by atoms with van der Waals surface area (Å²) < 4.78 is 24.9. The molecule has 0 aliphatic rings. The van der Waals surface area contributed by atoms with Crippen LogP contribution in [0.3, 0.4) is 0 Å². The van der Waals surface area contributed by atoms with Gasteiger partial charge in [0.2, 0.25) is 0 Å². The molecule has 1 rings (SSSR count). The van der Waals surface area contributed by atoms with E-state index in [4.69, 9.17) is 0 Å². The molecule has 0 N–H and O–H groups in total. The van der Waals surface area contributed by atoms with E-state index < -0.39 is 6.43 Å². The summed E-state index contributed by atoms with van der Waals surface area (Å²) in [6.45, 7) is 0. The lowest BCUT2D eigenvalue weighted by molar-refractivity contribution is 0.151. The third-order valence-corrected chi connectivity index (χ3v) is 2.03. The Kier molecular flexibility index (Phi) is 4.61. The van der Waals surface area contributed by atoms with Gasteiger partial charge in [-0.1, -0.05) is 46.0 Å². The van der Waals surface area contributed by atoms with Crippen molar-refractivity contribution in [2.75, 3.05) is 5.33 Å². The first-order valence-corrected chi connectivity index (χ1v) is 5.29. The Morgan fingerprint density at radius 3 is 2.64 bits per heavy atom. The molecule has 0 atom stereocenters. The Morgan fingerprint density at radius 2 is 2.00 bits per heavy atom. The van der Waals surface area contributed by atoms with E-state index in [-0.39, 0.29) is 5.56 Å². The topological polar surface area (TPSA) is 0 Å². The normalized spacial score (nSPS) is 9.71. The molecule has 0 spiro atoms. The van der Waals surface area contributed by atoms with E-state index in [0.29, 0.717) is 12.0 Å². The molecule has 0 saturated heterocycles. The van der Waals surface area contributed by atoms with Gasteiger partial charge in [0.25, 0.3) is 6.43 Å². The summed E-state index contributed by atoms with van der Waals surface area (Å²) in [6, 6.07) is 6.33. The Morgan fingerprint density at radius 1 is 1.29 bits per heavy atom. The number of alkyl halides is 3. The molecule has 1 aromatic carbocycles. The summed E-state index contributed by atoms with van der Waals surface area (Å²) in [5, 5.41) is 0.761. The summed E-state index contributed by atoms with van der Waals surface area (Å²) >= 11 is 3.22. The number of benzene rings is 1. The average molecular weight is 259 g/mol. The van der Waals surface area contributed by atoms with Gasteiger partial charge >= 0.3 is 0 Å². The Hall–Kier alpha value is -0.880. The molecule has 0 nitrogen and oxygen atoms in total. The van der Waals surface area contributed by atoms with Crippen molar-refractivity contribution in [1.29, 1.82) is 0 Å². The SMILES string of the molecule is FC(F)c1ccccc1C#CCCBr. The summed E-state index contributed by atoms with van der Waals surface area (Å²) in [7, 11) is 0. The summed E-state index contributed by atoms with van der Waals surface area (Å²) in [5.41, 5.74) is 0.429. The van der Waals surface area contributed by atoms with E-state index in [2.05, 4.69) is 27.8 Å². The fourth-order valence-electron chi connectivity index (χ4n) is 1.01. The highest BCUT2D eigenvalue weighted by atomic mass is 79.9. The molecule has 14 heavy (non-hydrogen) atoms. The van der Waals surface area contributed by atoms with Gasteiger partial charge in [0.05, 0.1) is 0 Å². The molecule has 0 saturated carbocycles. The zero-order chi connectivity index (χ0) is 10.4. The Balaban J connectivity index is 2.92. The summed E-state index contributed by atoms with van der Waals surface area (Å²) in [5.74, 6) is 5.55. The van der Waals surface area contributed by atoms with Crippen LogP contribution < -0.4 is 0 Å². The minimum absolute atomic E-state index is 0.00886. The predicted molar refractivity (Wildman–Crippen MR) is 56.7 cm³/mol. The average Bonchev–Trinajstić information content (AvgIpc) is 2.19. The number of halogens is 3. The van der Waals surface area contributed by atoms with Crippen LogP contribution in [0.5, 0.6) is 0 Å². The molecule has 3 heteroatoms. The maximum absolute atomic E-state index is 12.5. The van der Waals surface area contributed by atoms with E-state index in [1.807, 2.05) is 0 Å². The van der Waals surface area contributed by atoms with Gasteiger partial charge in [-0.3, -0.25) is 0 Å². The predicted octanol–water partition coefficient (Wildman–Crippen LogP) is 3.76. The van der Waals surface area contributed by atoms with Crippen LogP contribution in [0, 0.1) is 11.8 Å². The van der Waals surface area contributed by atoms with Crippen LogP contribution in [-0.2, 0) is 0 Å². The fourth-order valence-corrected chi connectivity index (χ4v) is 1.20. The van der Waals surface area contributed by atoms with Crippen molar-refractivity contribution in [2.45, 2.75) is 12.8 Å². The van der Waals surface area contributed by atoms with Gasteiger partial charge in [-0.25, -0.2) is 8.78 Å². The molecule has 74 valence electrons. The minimum atomic E-state index is -2.45. The number of rotatable bonds is 2. The van der Waals surface area contributed by atoms with Crippen molar-refractivity contribution in [3.8, 4) is 11.8 Å². The number of hydrogen-bond donors (Lipinski definition) is 0. The van der Waals surface area contributed by atoms with Crippen molar-refractivity contribution < 1.29 is 8.78 Å². The highest BCUT2D eigenvalue weighted by molar-refractivity contribution is 9.09. The molecular formula is C11H9BrF2. The first-order chi connectivity index (χ1) is 6.75. The maximum atomic E-state index is 12.5. The largest absolute Gasteiger partial charge is 0.265 e. The van der Waals surface area contributed by atoms with E-state index in [1.165, 1.54) is 6.07 Å². The van der Waals surface area contributed by atoms with Crippen molar-refractivity contribution in [3.05, 3.63) is 35.4 Å². The third kappa shape index (κ3) is 3.12. The molecule has 0 aromatic heterocycles. The van der Waals surface area contributed by atoms with Crippen LogP contribution >= 0.6 is 15.9 Å². The quantitative estimate of drug-likeness (QED) is 0.560. The van der Waals surface area contributed by atoms with E-state index >= 15 is 0 Å². The molecule has 0 unspecified atom stereocenters. The van der Waals surface area contributed by atoms with E-state index in [9.17, 15) is 8.78 Å². The van der Waals surface area contributed by atoms with Gasteiger partial charge in [0.15, 0.2) is 0 Å². The van der Waals surface area contributed by atoms with Crippen molar-refractivity contribution in [1.82, 2.24) is 0 Å². The van der Waals surface area contributed by atoms with Crippen molar-refractivity contribution in [2.24, 2.45) is 0 Å². The Labute approximate surface area is 90.5 Å². The zero-order valence-electron chi connectivity index (χ0n) is 7.43. The van der Waals surface area contributed by atoms with Gasteiger partial charge in [0, 0.05) is 22.9 Å². The van der Waals surface area contributed by atoms with E-state index in [1.54, 1.807) is 18.2 Å². The van der Waals surface area contributed by atoms with Crippen LogP contribution in [0.25, 0.3) is 0 Å². The van der Waals surface area contributed by atoms with Crippen LogP contribution in [0.2, 0.25) is 0 Å². The van der Waals surface area contributed by atoms with Crippen LogP contribution in [0.4, 0.5) is 8.78 Å². The van der Waals surface area contributed by atoms with Gasteiger partial charge < -0.3 is 0 Å². The molecule has 0 aliphatic carbocycles. The van der Waals surface area contributed by atoms with Crippen molar-refractivity contribution in [3.63, 3.8) is 0 Å².